The predicted octanol–water partition coefficient (Wildman–Crippen LogP) is 6.88. The number of carbonyl (C=O) groups excluding carboxylic acids is 1. The Hall–Kier alpha value is -4.77. The van der Waals surface area contributed by atoms with Crippen molar-refractivity contribution in [1.82, 2.24) is 29.5 Å². The molecule has 0 unspecified atom stereocenters. The summed E-state index contributed by atoms with van der Waals surface area (Å²) in [6.07, 6.45) is 2.47. The minimum Gasteiger partial charge on any atom is -0.490 e. The third-order valence-electron chi connectivity index (χ3n) is 9.54. The normalized spacial score (nSPS) is 18.2. The molecule has 2 aliphatic heterocycles. The number of aromatic nitrogens is 4. The lowest BCUT2D eigenvalue weighted by Gasteiger charge is -2.36. The van der Waals surface area contributed by atoms with Gasteiger partial charge in [-0.1, -0.05) is 6.58 Å². The molecule has 10 nitrogen and oxygen atoms in total. The highest BCUT2D eigenvalue weighted by molar-refractivity contribution is 7.17. The highest BCUT2D eigenvalue weighted by Gasteiger charge is 2.42. The van der Waals surface area contributed by atoms with Crippen molar-refractivity contribution in [2.45, 2.75) is 38.4 Å². The van der Waals surface area contributed by atoms with E-state index in [4.69, 9.17) is 19.6 Å². The Balaban J connectivity index is 1.51. The van der Waals surface area contributed by atoms with Crippen molar-refractivity contribution in [3.63, 3.8) is 0 Å². The second-order valence-electron chi connectivity index (χ2n) is 13.1. The fourth-order valence-electron chi connectivity index (χ4n) is 7.16. The number of hydrogen-bond acceptors (Lipinski definition) is 9. The molecule has 2 atom stereocenters. The zero-order chi connectivity index (χ0) is 37.8. The van der Waals surface area contributed by atoms with E-state index in [1.165, 1.54) is 35.7 Å². The summed E-state index contributed by atoms with van der Waals surface area (Å²) in [5, 5.41) is 15.5. The van der Waals surface area contributed by atoms with Gasteiger partial charge in [-0.25, -0.2) is 18.2 Å². The van der Waals surface area contributed by atoms with Gasteiger partial charge in [0.15, 0.2) is 0 Å². The first-order valence-electron chi connectivity index (χ1n) is 16.8. The first-order chi connectivity index (χ1) is 25.4. The predicted molar refractivity (Wildman–Crippen MR) is 188 cm³/mol. The third kappa shape index (κ3) is 6.47. The van der Waals surface area contributed by atoms with E-state index in [1.807, 2.05) is 13.8 Å². The Morgan fingerprint density at radius 3 is 2.64 bits per heavy atom. The van der Waals surface area contributed by atoms with Gasteiger partial charge in [-0.05, 0) is 37.6 Å². The molecule has 4 aromatic heterocycles. The van der Waals surface area contributed by atoms with Crippen LogP contribution in [0.3, 0.4) is 0 Å². The highest BCUT2D eigenvalue weighted by atomic mass is 32.1. The smallest absolute Gasteiger partial charge is 0.302 e. The molecule has 1 aromatic carbocycles. The van der Waals surface area contributed by atoms with Crippen molar-refractivity contribution in [2.24, 2.45) is 0 Å². The van der Waals surface area contributed by atoms with E-state index in [0.29, 0.717) is 18.3 Å². The molecule has 0 fully saturated rings. The number of aliphatic hydroxyl groups excluding tert-OH is 1. The second-order valence-corrected chi connectivity index (χ2v) is 13.9. The van der Waals surface area contributed by atoms with Gasteiger partial charge in [-0.2, -0.15) is 13.9 Å². The van der Waals surface area contributed by atoms with Crippen LogP contribution in [0.4, 0.5) is 22.0 Å². The number of alkyl halides is 2. The molecule has 278 valence electrons. The van der Waals surface area contributed by atoms with E-state index in [9.17, 15) is 14.3 Å². The average molecular weight is 755 g/mol. The lowest BCUT2D eigenvalue weighted by Crippen LogP contribution is -2.42. The summed E-state index contributed by atoms with van der Waals surface area (Å²) in [7, 11) is 1.44. The number of methoxy groups -OCH3 is 1. The zero-order valence-corrected chi connectivity index (χ0v) is 29.8. The molecule has 6 heterocycles. The Morgan fingerprint density at radius 1 is 1.11 bits per heavy atom. The summed E-state index contributed by atoms with van der Waals surface area (Å²) >= 11 is 0.971. The number of pyridine rings is 2. The molecular formula is C37H35F5N6O4S. The first kappa shape index (κ1) is 36.6. The SMILES string of the molecule is C=CC(=O)N1C[C@H](C)n2nc(-c3nc(-c4cnc5c(c4)CN(CCO)CC5(F)F)c4scc(F)c4c3-c3c(F)cc(F)cc3OCCOC)cc2[C@H]1C. The number of ether oxygens (including phenoxy) is 2. The summed E-state index contributed by atoms with van der Waals surface area (Å²) in [4.78, 5) is 25.0. The third-order valence-corrected chi connectivity index (χ3v) is 10.5. The van der Waals surface area contributed by atoms with Crippen molar-refractivity contribution in [2.75, 3.05) is 46.6 Å². The van der Waals surface area contributed by atoms with E-state index in [0.717, 1.165) is 17.4 Å². The number of benzene rings is 1. The fraction of sp³-hybridized carbons (Fsp3) is 0.351. The molecule has 7 rings (SSSR count). The molecule has 1 amide bonds. The van der Waals surface area contributed by atoms with E-state index in [-0.39, 0.29) is 100 Å². The molecular weight excluding hydrogens is 720 g/mol. The Bertz CT molecular complexity index is 2240. The van der Waals surface area contributed by atoms with Crippen LogP contribution in [-0.4, -0.2) is 87.1 Å². The van der Waals surface area contributed by atoms with E-state index in [1.54, 1.807) is 15.6 Å². The van der Waals surface area contributed by atoms with Crippen LogP contribution < -0.4 is 4.74 Å². The number of amides is 1. The number of aliphatic hydroxyl groups is 1. The molecule has 0 aliphatic carbocycles. The number of hydrogen-bond donors (Lipinski definition) is 1. The van der Waals surface area contributed by atoms with Crippen molar-refractivity contribution in [1.29, 1.82) is 0 Å². The van der Waals surface area contributed by atoms with Gasteiger partial charge in [0.05, 0.1) is 53.5 Å². The van der Waals surface area contributed by atoms with Gasteiger partial charge < -0.3 is 19.5 Å². The maximum atomic E-state index is 16.3. The van der Waals surface area contributed by atoms with Crippen LogP contribution >= 0.6 is 11.3 Å². The van der Waals surface area contributed by atoms with Gasteiger partial charge in [0.1, 0.15) is 46.9 Å². The van der Waals surface area contributed by atoms with Crippen molar-refractivity contribution in [3.8, 4) is 39.5 Å². The summed E-state index contributed by atoms with van der Waals surface area (Å²) < 4.78 is 90.5. The number of β-amino-alcohol motifs (C(OH)–C–C–N with tert-alkyl or cyclic N) is 1. The maximum absolute atomic E-state index is 16.3. The molecule has 0 spiro atoms. The number of carbonyl (C=O) groups is 1. The van der Waals surface area contributed by atoms with Crippen LogP contribution in [0.5, 0.6) is 5.75 Å². The van der Waals surface area contributed by atoms with Crippen LogP contribution in [0, 0.1) is 17.5 Å². The van der Waals surface area contributed by atoms with Gasteiger partial charge in [0.25, 0.3) is 0 Å². The van der Waals surface area contributed by atoms with Crippen LogP contribution in [0.1, 0.15) is 42.9 Å². The van der Waals surface area contributed by atoms with Gasteiger partial charge in [-0.15, -0.1) is 11.3 Å². The highest BCUT2D eigenvalue weighted by Crippen LogP contribution is 2.49. The molecule has 2 aliphatic rings. The number of halogens is 5. The average Bonchev–Trinajstić information content (AvgIpc) is 3.74. The molecule has 0 bridgehead atoms. The Morgan fingerprint density at radius 2 is 1.91 bits per heavy atom. The summed E-state index contributed by atoms with van der Waals surface area (Å²) in [6.45, 7) is 6.80. The lowest BCUT2D eigenvalue weighted by molar-refractivity contribution is -0.129. The molecule has 0 saturated carbocycles. The quantitative estimate of drug-likeness (QED) is 0.0936. The number of nitrogens with zero attached hydrogens (tertiary/aromatic N) is 6. The fourth-order valence-corrected chi connectivity index (χ4v) is 8.09. The number of rotatable bonds is 10. The largest absolute Gasteiger partial charge is 0.490 e. The summed E-state index contributed by atoms with van der Waals surface area (Å²) in [6, 6.07) is 4.08. The Labute approximate surface area is 305 Å². The van der Waals surface area contributed by atoms with Crippen LogP contribution in [0.2, 0.25) is 0 Å². The second kappa shape index (κ2) is 14.2. The number of thiophene rings is 1. The maximum Gasteiger partial charge on any atom is 0.302 e. The van der Waals surface area contributed by atoms with Crippen molar-refractivity contribution < 1.29 is 41.3 Å². The van der Waals surface area contributed by atoms with Gasteiger partial charge in [0, 0.05) is 67.0 Å². The molecule has 0 radical (unpaired) electrons. The summed E-state index contributed by atoms with van der Waals surface area (Å²) in [5.74, 6) is -6.51. The Kier molecular flexibility index (Phi) is 9.82. The zero-order valence-electron chi connectivity index (χ0n) is 29.0. The van der Waals surface area contributed by atoms with E-state index in [2.05, 4.69) is 11.6 Å². The number of fused-ring (bicyclic) bond motifs is 3. The molecule has 53 heavy (non-hydrogen) atoms. The lowest BCUT2D eigenvalue weighted by atomic mass is 9.94. The minimum atomic E-state index is -3.29. The summed E-state index contributed by atoms with van der Waals surface area (Å²) in [5.41, 5.74) is 0.733. The van der Waals surface area contributed by atoms with Crippen LogP contribution in [-0.2, 0) is 22.0 Å². The first-order valence-corrected chi connectivity index (χ1v) is 17.7. The van der Waals surface area contributed by atoms with E-state index < -0.39 is 41.7 Å². The van der Waals surface area contributed by atoms with Gasteiger partial charge >= 0.3 is 5.92 Å². The van der Waals surface area contributed by atoms with Crippen LogP contribution in [0.25, 0.3) is 43.9 Å². The van der Waals surface area contributed by atoms with Crippen molar-refractivity contribution >= 4 is 27.3 Å². The van der Waals surface area contributed by atoms with Gasteiger partial charge in [0.2, 0.25) is 5.91 Å². The monoisotopic (exact) mass is 754 g/mol. The van der Waals surface area contributed by atoms with Gasteiger partial charge in [-0.3, -0.25) is 19.4 Å². The standard InChI is InChI=1S/C37H35F5N6O4S/c1-5-29(50)47-15-19(2)48-27(20(47)3)13-26(45-48)34-32(30-24(39)11-23(38)12-28(30)52-9-8-51-4)31-25(40)17-53-35(31)33(44-34)21-10-22-16-46(6-7-49)18-37(41,42)36(22)43-14-21/h5,10-14,17,19-20,49H,1,6-9,15-16,18H2,2-4H3/t19-,20+/m0/s1. The molecule has 5 aromatic rings. The molecule has 0 saturated heterocycles. The molecule has 16 heteroatoms. The van der Waals surface area contributed by atoms with E-state index >= 15 is 17.6 Å². The minimum absolute atomic E-state index is 0.000227. The van der Waals surface area contributed by atoms with Crippen molar-refractivity contribution in [3.05, 3.63) is 82.9 Å². The van der Waals surface area contributed by atoms with Crippen LogP contribution in [0.15, 0.2) is 48.5 Å². The molecule has 1 N–H and O–H groups in total. The topological polar surface area (TPSA) is 106 Å².